The second kappa shape index (κ2) is 8.65. The molecule has 10 heteroatoms. The number of ether oxygens (including phenoxy) is 2. The Hall–Kier alpha value is -4.34. The highest BCUT2D eigenvalue weighted by atomic mass is 19.1. The molecule has 33 heavy (non-hydrogen) atoms. The summed E-state index contributed by atoms with van der Waals surface area (Å²) in [5.41, 5.74) is 6.68. The Morgan fingerprint density at radius 2 is 2.03 bits per heavy atom. The molecule has 0 bridgehead atoms. The predicted molar refractivity (Wildman–Crippen MR) is 115 cm³/mol. The first-order valence-corrected chi connectivity index (χ1v) is 9.92. The van der Waals surface area contributed by atoms with Crippen LogP contribution in [0.1, 0.15) is 34.0 Å². The molecule has 0 spiro atoms. The zero-order valence-electron chi connectivity index (χ0n) is 17.5. The van der Waals surface area contributed by atoms with Gasteiger partial charge in [0.1, 0.15) is 11.4 Å². The number of halogens is 1. The van der Waals surface area contributed by atoms with E-state index in [1.54, 1.807) is 28.8 Å². The van der Waals surface area contributed by atoms with E-state index in [4.69, 9.17) is 15.2 Å². The van der Waals surface area contributed by atoms with Gasteiger partial charge >= 0.3 is 5.97 Å². The Morgan fingerprint density at radius 1 is 1.24 bits per heavy atom. The number of methoxy groups -OCH3 is 1. The van der Waals surface area contributed by atoms with Gasteiger partial charge in [0.15, 0.2) is 18.1 Å². The lowest BCUT2D eigenvalue weighted by Crippen LogP contribution is -2.25. The van der Waals surface area contributed by atoms with Gasteiger partial charge in [0.05, 0.1) is 18.5 Å². The average molecular weight is 453 g/mol. The Labute approximate surface area is 187 Å². The number of benzene rings is 2. The fourth-order valence-corrected chi connectivity index (χ4v) is 3.92. The van der Waals surface area contributed by atoms with Crippen molar-refractivity contribution in [2.75, 3.05) is 19.0 Å². The van der Waals surface area contributed by atoms with Crippen molar-refractivity contribution in [2.45, 2.75) is 12.3 Å². The third-order valence-corrected chi connectivity index (χ3v) is 5.30. The molecular weight excluding hydrogens is 433 g/mol. The molecule has 0 radical (unpaired) electrons. The highest BCUT2D eigenvalue weighted by Gasteiger charge is 2.35. The van der Waals surface area contributed by atoms with Crippen molar-refractivity contribution < 1.29 is 33.4 Å². The first-order chi connectivity index (χ1) is 15.8. The van der Waals surface area contributed by atoms with E-state index in [1.165, 1.54) is 31.5 Å². The minimum absolute atomic E-state index is 0.00692. The number of nitrogens with one attached hydrogen (secondary N) is 1. The summed E-state index contributed by atoms with van der Waals surface area (Å²) in [5, 5.41) is 12.4. The van der Waals surface area contributed by atoms with Gasteiger partial charge < -0.3 is 30.2 Å². The Morgan fingerprint density at radius 3 is 2.70 bits per heavy atom. The number of carbonyl (C=O) groups is 3. The van der Waals surface area contributed by atoms with Crippen LogP contribution in [0.15, 0.2) is 48.7 Å². The SMILES string of the molecule is COc1ccc([C@H]2CC(=O)Nc3c(C(=O)O)cn(-c4cccc(F)c4)c32)cc1OCC(N)=O. The van der Waals surface area contributed by atoms with E-state index in [-0.39, 0.29) is 35.9 Å². The number of aromatic carboxylic acids is 1. The Balaban J connectivity index is 1.89. The number of anilines is 1. The fraction of sp³-hybridized carbons (Fsp3) is 0.174. The molecule has 1 aliphatic heterocycles. The first kappa shape index (κ1) is 21.9. The maximum absolute atomic E-state index is 14.0. The maximum Gasteiger partial charge on any atom is 0.339 e. The lowest BCUT2D eigenvalue weighted by atomic mass is 9.88. The number of hydrogen-bond acceptors (Lipinski definition) is 5. The molecule has 4 rings (SSSR count). The van der Waals surface area contributed by atoms with Gasteiger partial charge in [-0.15, -0.1) is 0 Å². The maximum atomic E-state index is 14.0. The molecule has 2 amide bonds. The van der Waals surface area contributed by atoms with Crippen molar-refractivity contribution in [1.29, 1.82) is 0 Å². The largest absolute Gasteiger partial charge is 0.493 e. The smallest absolute Gasteiger partial charge is 0.339 e. The van der Waals surface area contributed by atoms with Crippen LogP contribution in [0, 0.1) is 5.82 Å². The molecule has 3 aromatic rings. The van der Waals surface area contributed by atoms with Gasteiger partial charge in [-0.1, -0.05) is 12.1 Å². The van der Waals surface area contributed by atoms with Gasteiger partial charge in [0, 0.05) is 24.2 Å². The van der Waals surface area contributed by atoms with E-state index in [0.717, 1.165) is 0 Å². The van der Waals surface area contributed by atoms with Crippen molar-refractivity contribution >= 4 is 23.5 Å². The molecule has 4 N–H and O–H groups in total. The number of primary amides is 1. The quantitative estimate of drug-likeness (QED) is 0.504. The third kappa shape index (κ3) is 4.22. The van der Waals surface area contributed by atoms with E-state index < -0.39 is 23.6 Å². The summed E-state index contributed by atoms with van der Waals surface area (Å²) in [6, 6.07) is 10.6. The number of nitrogens with zero attached hydrogens (tertiary/aromatic N) is 1. The molecule has 0 aliphatic carbocycles. The lowest BCUT2D eigenvalue weighted by molar-refractivity contribution is -0.120. The van der Waals surface area contributed by atoms with Crippen molar-refractivity contribution in [2.24, 2.45) is 5.73 Å². The van der Waals surface area contributed by atoms with Gasteiger partial charge in [0.2, 0.25) is 5.91 Å². The van der Waals surface area contributed by atoms with Gasteiger partial charge in [-0.25, -0.2) is 9.18 Å². The predicted octanol–water partition coefficient (Wildman–Crippen LogP) is 2.66. The molecule has 1 atom stereocenters. The van der Waals surface area contributed by atoms with E-state index in [2.05, 4.69) is 5.32 Å². The molecule has 170 valence electrons. The first-order valence-electron chi connectivity index (χ1n) is 9.92. The van der Waals surface area contributed by atoms with Crippen LogP contribution in [0.3, 0.4) is 0 Å². The molecule has 2 heterocycles. The van der Waals surface area contributed by atoms with Crippen LogP contribution in [-0.4, -0.2) is 41.2 Å². The van der Waals surface area contributed by atoms with Crippen LogP contribution in [0.5, 0.6) is 11.5 Å². The summed E-state index contributed by atoms with van der Waals surface area (Å²) in [4.78, 5) is 35.6. The highest BCUT2D eigenvalue weighted by Crippen LogP contribution is 2.43. The van der Waals surface area contributed by atoms with Gasteiger partial charge in [-0.3, -0.25) is 9.59 Å². The molecule has 0 unspecified atom stereocenters. The number of carbonyl (C=O) groups excluding carboxylic acids is 2. The van der Waals surface area contributed by atoms with Crippen LogP contribution in [-0.2, 0) is 9.59 Å². The molecular formula is C23H20FN3O6. The summed E-state index contributed by atoms with van der Waals surface area (Å²) < 4.78 is 26.2. The second-order valence-electron chi connectivity index (χ2n) is 7.43. The zero-order valence-corrected chi connectivity index (χ0v) is 17.5. The number of fused-ring (bicyclic) bond motifs is 1. The molecule has 0 saturated heterocycles. The van der Waals surface area contributed by atoms with Crippen molar-refractivity contribution in [3.05, 3.63) is 71.3 Å². The van der Waals surface area contributed by atoms with E-state index in [1.807, 2.05) is 0 Å². The second-order valence-corrected chi connectivity index (χ2v) is 7.43. The molecule has 1 aliphatic rings. The average Bonchev–Trinajstić information content (AvgIpc) is 3.16. The Kier molecular flexibility index (Phi) is 5.74. The van der Waals surface area contributed by atoms with Crippen LogP contribution < -0.4 is 20.5 Å². The summed E-state index contributed by atoms with van der Waals surface area (Å²) in [7, 11) is 1.44. The van der Waals surface area contributed by atoms with Crippen LogP contribution in [0.2, 0.25) is 0 Å². The number of carboxylic acids is 1. The molecule has 1 aromatic heterocycles. The molecule has 0 saturated carbocycles. The minimum atomic E-state index is -1.23. The molecule has 0 fully saturated rings. The van der Waals surface area contributed by atoms with E-state index in [9.17, 15) is 23.9 Å². The van der Waals surface area contributed by atoms with Crippen molar-refractivity contribution in [3.8, 4) is 17.2 Å². The highest BCUT2D eigenvalue weighted by molar-refractivity contribution is 6.04. The fourth-order valence-electron chi connectivity index (χ4n) is 3.92. The van der Waals surface area contributed by atoms with E-state index in [0.29, 0.717) is 22.7 Å². The van der Waals surface area contributed by atoms with E-state index >= 15 is 0 Å². The normalized spacial score (nSPS) is 14.8. The Bertz CT molecular complexity index is 1270. The standard InChI is InChI=1S/C23H20FN3O6/c1-32-17-6-5-12(7-18(17)33-11-19(25)28)15-9-20(29)26-21-16(23(30)31)10-27(22(15)21)14-4-2-3-13(24)8-14/h2-8,10,15H,9,11H2,1H3,(H2,25,28)(H,26,29)(H,30,31)/t15-/m1/s1. The van der Waals surface area contributed by atoms with Crippen LogP contribution in [0.4, 0.5) is 10.1 Å². The molecule has 2 aromatic carbocycles. The third-order valence-electron chi connectivity index (χ3n) is 5.30. The van der Waals surface area contributed by atoms with Crippen molar-refractivity contribution in [3.63, 3.8) is 0 Å². The number of carboxylic acid groups (broad SMARTS) is 1. The van der Waals surface area contributed by atoms with Crippen LogP contribution in [0.25, 0.3) is 5.69 Å². The molecule has 9 nitrogen and oxygen atoms in total. The number of rotatable bonds is 7. The summed E-state index contributed by atoms with van der Waals surface area (Å²) >= 11 is 0. The van der Waals surface area contributed by atoms with Gasteiger partial charge in [0.25, 0.3) is 5.91 Å². The monoisotopic (exact) mass is 453 g/mol. The number of aromatic nitrogens is 1. The topological polar surface area (TPSA) is 133 Å². The summed E-state index contributed by atoms with van der Waals surface area (Å²) in [5.74, 6) is -2.77. The number of hydrogen-bond donors (Lipinski definition) is 3. The summed E-state index contributed by atoms with van der Waals surface area (Å²) in [6.45, 7) is -0.376. The van der Waals surface area contributed by atoms with Gasteiger partial charge in [-0.05, 0) is 35.9 Å². The number of amides is 2. The van der Waals surface area contributed by atoms with Gasteiger partial charge in [-0.2, -0.15) is 0 Å². The number of nitrogens with two attached hydrogens (primary N) is 1. The van der Waals surface area contributed by atoms with Crippen molar-refractivity contribution in [1.82, 2.24) is 4.57 Å². The summed E-state index contributed by atoms with van der Waals surface area (Å²) in [6.07, 6.45) is 1.36. The van der Waals surface area contributed by atoms with Crippen LogP contribution >= 0.6 is 0 Å². The lowest BCUT2D eigenvalue weighted by Gasteiger charge is -2.27. The minimum Gasteiger partial charge on any atom is -0.493 e. The zero-order chi connectivity index (χ0) is 23.7.